The maximum atomic E-state index is 13.2. The van der Waals surface area contributed by atoms with Crippen LogP contribution in [0, 0.1) is 5.92 Å². The zero-order valence-electron chi connectivity index (χ0n) is 22.1. The first-order chi connectivity index (χ1) is 19.3. The molecule has 12 heteroatoms. The van der Waals surface area contributed by atoms with E-state index in [1.54, 1.807) is 29.2 Å². The highest BCUT2D eigenvalue weighted by atomic mass is 16.5. The van der Waals surface area contributed by atoms with Crippen LogP contribution in [0.3, 0.4) is 0 Å². The Morgan fingerprint density at radius 1 is 1.00 bits per heavy atom. The molecule has 210 valence electrons. The standard InChI is InChI=1S/C28H31N5O7/c1-39-13-12-32(24-25(29)33(28(38)30-26(24)36)16-20-10-6-3-7-11-20)23(35)18-40-27(37)21-14-22(34)31(17-21)15-19-8-4-2-5-9-19/h2-11,21H,12-18,29H2,1H3,(H,30,36,38). The van der Waals surface area contributed by atoms with E-state index in [-0.39, 0.29) is 50.1 Å². The molecule has 4 rings (SSSR count). The molecule has 3 N–H and O–H groups in total. The van der Waals surface area contributed by atoms with Gasteiger partial charge in [-0.15, -0.1) is 0 Å². The zero-order valence-corrected chi connectivity index (χ0v) is 22.1. The van der Waals surface area contributed by atoms with E-state index in [0.29, 0.717) is 6.54 Å². The molecule has 1 saturated heterocycles. The number of H-pyrrole nitrogens is 1. The summed E-state index contributed by atoms with van der Waals surface area (Å²) < 4.78 is 11.5. The number of methoxy groups -OCH3 is 1. The summed E-state index contributed by atoms with van der Waals surface area (Å²) in [5.74, 6) is -2.55. The van der Waals surface area contributed by atoms with Gasteiger partial charge in [-0.1, -0.05) is 60.7 Å². The summed E-state index contributed by atoms with van der Waals surface area (Å²) in [4.78, 5) is 68.6. The van der Waals surface area contributed by atoms with Crippen LogP contribution in [-0.4, -0.2) is 65.6 Å². The number of benzene rings is 2. The van der Waals surface area contributed by atoms with Crippen LogP contribution in [0.5, 0.6) is 0 Å². The molecule has 12 nitrogen and oxygen atoms in total. The fourth-order valence-corrected chi connectivity index (χ4v) is 4.52. The first-order valence-corrected chi connectivity index (χ1v) is 12.7. The number of likely N-dealkylation sites (tertiary alicyclic amines) is 1. The number of aromatic amines is 1. The van der Waals surface area contributed by atoms with Gasteiger partial charge in [-0.05, 0) is 11.1 Å². The highest BCUT2D eigenvalue weighted by Gasteiger charge is 2.36. The van der Waals surface area contributed by atoms with Crippen molar-refractivity contribution in [3.63, 3.8) is 0 Å². The Kier molecular flexibility index (Phi) is 9.12. The average molecular weight is 550 g/mol. The van der Waals surface area contributed by atoms with E-state index in [1.807, 2.05) is 36.4 Å². The van der Waals surface area contributed by atoms with Gasteiger partial charge in [-0.25, -0.2) is 4.79 Å². The number of hydrogen-bond donors (Lipinski definition) is 2. The number of esters is 1. The van der Waals surface area contributed by atoms with Gasteiger partial charge in [0.25, 0.3) is 11.5 Å². The summed E-state index contributed by atoms with van der Waals surface area (Å²) in [7, 11) is 1.42. The van der Waals surface area contributed by atoms with E-state index < -0.39 is 35.7 Å². The molecule has 1 atom stereocenters. The third-order valence-corrected chi connectivity index (χ3v) is 6.59. The van der Waals surface area contributed by atoms with Crippen molar-refractivity contribution >= 4 is 29.3 Å². The lowest BCUT2D eigenvalue weighted by molar-refractivity contribution is -0.151. The van der Waals surface area contributed by atoms with Crippen molar-refractivity contribution in [3.05, 3.63) is 92.6 Å². The van der Waals surface area contributed by atoms with Gasteiger partial charge in [0.05, 0.1) is 19.1 Å². The van der Waals surface area contributed by atoms with Crippen LogP contribution in [0.4, 0.5) is 11.5 Å². The number of ether oxygens (including phenoxy) is 2. The molecular weight excluding hydrogens is 518 g/mol. The minimum atomic E-state index is -0.861. The number of nitrogens with one attached hydrogen (secondary N) is 1. The quantitative estimate of drug-likeness (QED) is 0.332. The summed E-state index contributed by atoms with van der Waals surface area (Å²) in [6.07, 6.45) is -0.0235. The molecule has 1 aliphatic heterocycles. The monoisotopic (exact) mass is 549 g/mol. The molecular formula is C28H31N5O7. The molecule has 1 aromatic heterocycles. The van der Waals surface area contributed by atoms with Gasteiger partial charge < -0.3 is 20.1 Å². The van der Waals surface area contributed by atoms with Crippen LogP contribution < -0.4 is 21.9 Å². The highest BCUT2D eigenvalue weighted by Crippen LogP contribution is 2.22. The van der Waals surface area contributed by atoms with E-state index in [0.717, 1.165) is 20.6 Å². The van der Waals surface area contributed by atoms with Gasteiger partial charge in [-0.2, -0.15) is 0 Å². The van der Waals surface area contributed by atoms with Crippen molar-refractivity contribution < 1.29 is 23.9 Å². The Bertz CT molecular complexity index is 1470. The number of carbonyl (C=O) groups is 3. The zero-order chi connectivity index (χ0) is 28.6. The van der Waals surface area contributed by atoms with Gasteiger partial charge in [0.15, 0.2) is 12.3 Å². The van der Waals surface area contributed by atoms with E-state index >= 15 is 0 Å². The lowest BCUT2D eigenvalue weighted by Crippen LogP contribution is -2.44. The topological polar surface area (TPSA) is 157 Å². The second-order valence-electron chi connectivity index (χ2n) is 9.37. The normalized spacial score (nSPS) is 14.8. The van der Waals surface area contributed by atoms with Crippen molar-refractivity contribution in [3.8, 4) is 0 Å². The second-order valence-corrected chi connectivity index (χ2v) is 9.37. The Balaban J connectivity index is 1.47. The first-order valence-electron chi connectivity index (χ1n) is 12.7. The molecule has 0 radical (unpaired) electrons. The molecule has 2 amide bonds. The summed E-state index contributed by atoms with van der Waals surface area (Å²) in [5.41, 5.74) is 6.10. The Morgan fingerprint density at radius 2 is 1.62 bits per heavy atom. The lowest BCUT2D eigenvalue weighted by atomic mass is 10.1. The third-order valence-electron chi connectivity index (χ3n) is 6.59. The second kappa shape index (κ2) is 12.9. The summed E-state index contributed by atoms with van der Waals surface area (Å²) >= 11 is 0. The molecule has 0 bridgehead atoms. The maximum absolute atomic E-state index is 13.2. The number of hydrogen-bond acceptors (Lipinski definition) is 8. The molecule has 40 heavy (non-hydrogen) atoms. The molecule has 2 heterocycles. The van der Waals surface area contributed by atoms with Gasteiger partial charge in [0, 0.05) is 33.2 Å². The fraction of sp³-hybridized carbons (Fsp3) is 0.321. The van der Waals surface area contributed by atoms with E-state index in [1.165, 1.54) is 7.11 Å². The SMILES string of the molecule is COCCN(C(=O)COC(=O)C1CC(=O)N(Cc2ccccc2)C1)c1c(N)n(Cc2ccccc2)c(=O)[nH]c1=O. The molecule has 3 aromatic rings. The van der Waals surface area contributed by atoms with E-state index in [4.69, 9.17) is 15.2 Å². The van der Waals surface area contributed by atoms with Crippen LogP contribution in [0.1, 0.15) is 17.5 Å². The van der Waals surface area contributed by atoms with Crippen LogP contribution >= 0.6 is 0 Å². The largest absolute Gasteiger partial charge is 0.455 e. The number of amides is 2. The number of carbonyl (C=O) groups excluding carboxylic acids is 3. The van der Waals surface area contributed by atoms with Crippen LogP contribution in [0.15, 0.2) is 70.3 Å². The predicted molar refractivity (Wildman–Crippen MR) is 146 cm³/mol. The third kappa shape index (κ3) is 6.64. The van der Waals surface area contributed by atoms with E-state index in [2.05, 4.69) is 4.98 Å². The summed E-state index contributed by atoms with van der Waals surface area (Å²) in [5, 5.41) is 0. The van der Waals surface area contributed by atoms with Gasteiger partial charge in [-0.3, -0.25) is 33.6 Å². The molecule has 1 unspecified atom stereocenters. The molecule has 2 aromatic carbocycles. The van der Waals surface area contributed by atoms with Crippen molar-refractivity contribution in [2.24, 2.45) is 5.92 Å². The van der Waals surface area contributed by atoms with Gasteiger partial charge >= 0.3 is 11.7 Å². The fourth-order valence-electron chi connectivity index (χ4n) is 4.52. The molecule has 1 aliphatic rings. The molecule has 0 aliphatic carbocycles. The number of nitrogens with two attached hydrogens (primary N) is 1. The van der Waals surface area contributed by atoms with Crippen molar-refractivity contribution in [2.45, 2.75) is 19.5 Å². The highest BCUT2D eigenvalue weighted by molar-refractivity contribution is 5.97. The average Bonchev–Trinajstić information content (AvgIpc) is 3.32. The van der Waals surface area contributed by atoms with Crippen molar-refractivity contribution in [1.82, 2.24) is 14.5 Å². The smallest absolute Gasteiger partial charge is 0.330 e. The number of nitrogen functional groups attached to an aromatic ring is 1. The number of rotatable bonds is 11. The molecule has 0 saturated carbocycles. The van der Waals surface area contributed by atoms with Crippen LogP contribution in [0.2, 0.25) is 0 Å². The Hall–Kier alpha value is -4.71. The summed E-state index contributed by atoms with van der Waals surface area (Å²) in [6.45, 7) is -0.133. The minimum absolute atomic E-state index is 0.0235. The minimum Gasteiger partial charge on any atom is -0.455 e. The molecule has 0 spiro atoms. The summed E-state index contributed by atoms with van der Waals surface area (Å²) in [6, 6.07) is 18.4. The van der Waals surface area contributed by atoms with Gasteiger partial charge in [0.1, 0.15) is 5.82 Å². The lowest BCUT2D eigenvalue weighted by Gasteiger charge is -2.24. The van der Waals surface area contributed by atoms with Crippen LogP contribution in [-0.2, 0) is 36.9 Å². The predicted octanol–water partition coefficient (Wildman–Crippen LogP) is 0.738. The number of anilines is 2. The maximum Gasteiger partial charge on any atom is 0.330 e. The Morgan fingerprint density at radius 3 is 2.25 bits per heavy atom. The Labute approximate surface area is 229 Å². The van der Waals surface area contributed by atoms with Crippen molar-refractivity contribution in [1.29, 1.82) is 0 Å². The number of nitrogens with zero attached hydrogens (tertiary/aromatic N) is 3. The van der Waals surface area contributed by atoms with Crippen LogP contribution in [0.25, 0.3) is 0 Å². The molecule has 1 fully saturated rings. The first kappa shape index (κ1) is 28.3. The van der Waals surface area contributed by atoms with Gasteiger partial charge in [0.2, 0.25) is 5.91 Å². The van der Waals surface area contributed by atoms with E-state index in [9.17, 15) is 24.0 Å². The van der Waals surface area contributed by atoms with Crippen molar-refractivity contribution in [2.75, 3.05) is 44.0 Å². The number of aromatic nitrogens is 2.